The highest BCUT2D eigenvalue weighted by Crippen LogP contribution is 2.36. The van der Waals surface area contributed by atoms with Gasteiger partial charge in [-0.25, -0.2) is 0 Å². The van der Waals surface area contributed by atoms with E-state index in [0.717, 1.165) is 24.4 Å². The summed E-state index contributed by atoms with van der Waals surface area (Å²) < 4.78 is 6.36. The predicted octanol–water partition coefficient (Wildman–Crippen LogP) is 11.6. The van der Waals surface area contributed by atoms with Crippen LogP contribution in [0.4, 0.5) is 0 Å². The Hall–Kier alpha value is -0.820. The van der Waals surface area contributed by atoms with Crippen molar-refractivity contribution in [2.24, 2.45) is 11.8 Å². The molecule has 1 aromatic rings. The van der Waals surface area contributed by atoms with E-state index in [9.17, 15) is 0 Å². The topological polar surface area (TPSA) is 9.23 Å². The van der Waals surface area contributed by atoms with Crippen molar-refractivity contribution in [3.8, 4) is 0 Å². The fourth-order valence-corrected chi connectivity index (χ4v) is 7.10. The van der Waals surface area contributed by atoms with Crippen LogP contribution in [0.3, 0.4) is 0 Å². The van der Waals surface area contributed by atoms with Crippen LogP contribution in [0.5, 0.6) is 0 Å². The van der Waals surface area contributed by atoms with Crippen LogP contribution in [0.2, 0.25) is 0 Å². The van der Waals surface area contributed by atoms with Crippen molar-refractivity contribution >= 4 is 0 Å². The van der Waals surface area contributed by atoms with E-state index in [1.54, 1.807) is 5.56 Å². The minimum absolute atomic E-state index is 0.520. The molecule has 0 radical (unpaired) electrons. The van der Waals surface area contributed by atoms with Crippen LogP contribution in [0.1, 0.15) is 172 Å². The van der Waals surface area contributed by atoms with Gasteiger partial charge in [-0.3, -0.25) is 0 Å². The Labute approximate surface area is 231 Å². The van der Waals surface area contributed by atoms with Crippen LogP contribution >= 0.6 is 0 Å². The summed E-state index contributed by atoms with van der Waals surface area (Å²) in [7, 11) is 0. The molecule has 0 atom stereocenters. The van der Waals surface area contributed by atoms with E-state index in [0.29, 0.717) is 6.10 Å². The third kappa shape index (κ3) is 12.7. The lowest BCUT2D eigenvalue weighted by atomic mass is 9.78. The number of benzene rings is 1. The molecular weight excluding hydrogens is 448 g/mol. The number of aryl methyl sites for hydroxylation is 1. The van der Waals surface area contributed by atoms with Crippen molar-refractivity contribution in [2.75, 3.05) is 6.61 Å². The lowest BCUT2D eigenvalue weighted by Gasteiger charge is -2.30. The Kier molecular flexibility index (Phi) is 16.0. The number of hydrogen-bond acceptors (Lipinski definition) is 1. The first-order valence-corrected chi connectivity index (χ1v) is 17.0. The van der Waals surface area contributed by atoms with Crippen molar-refractivity contribution in [1.82, 2.24) is 0 Å². The normalized spacial score (nSPS) is 24.4. The molecule has 1 nitrogen and oxygen atoms in total. The molecule has 0 aliphatic heterocycles. The zero-order chi connectivity index (χ0) is 26.0. The standard InChI is InChI=1S/C36H62O/c1-3-5-7-9-11-13-15-31-18-20-33(21-19-31)17-14-30-37-36-28-26-35(27-29-36)34-24-22-32(23-25-34)16-12-10-8-6-4-2/h22-25,31,33,35-36H,3-21,26-30H2,1-2H3/t31-,33-,35-,36-. The largest absolute Gasteiger partial charge is 0.378 e. The summed E-state index contributed by atoms with van der Waals surface area (Å²) >= 11 is 0. The molecule has 0 spiro atoms. The monoisotopic (exact) mass is 510 g/mol. The molecule has 212 valence electrons. The summed E-state index contributed by atoms with van der Waals surface area (Å²) in [5.74, 6) is 2.78. The van der Waals surface area contributed by atoms with Crippen molar-refractivity contribution in [1.29, 1.82) is 0 Å². The van der Waals surface area contributed by atoms with E-state index in [-0.39, 0.29) is 0 Å². The molecular formula is C36H62O. The maximum atomic E-state index is 6.36. The zero-order valence-electron chi connectivity index (χ0n) is 25.0. The highest BCUT2D eigenvalue weighted by molar-refractivity contribution is 5.26. The molecule has 3 rings (SSSR count). The predicted molar refractivity (Wildman–Crippen MR) is 163 cm³/mol. The molecule has 1 aromatic carbocycles. The van der Waals surface area contributed by atoms with Gasteiger partial charge in [0.15, 0.2) is 0 Å². The van der Waals surface area contributed by atoms with Gasteiger partial charge in [-0.1, -0.05) is 134 Å². The van der Waals surface area contributed by atoms with Crippen LogP contribution in [0, 0.1) is 11.8 Å². The van der Waals surface area contributed by atoms with Crippen molar-refractivity contribution < 1.29 is 4.74 Å². The highest BCUT2D eigenvalue weighted by atomic mass is 16.5. The van der Waals surface area contributed by atoms with E-state index >= 15 is 0 Å². The number of rotatable bonds is 19. The maximum absolute atomic E-state index is 6.36. The zero-order valence-corrected chi connectivity index (χ0v) is 25.0. The highest BCUT2D eigenvalue weighted by Gasteiger charge is 2.24. The van der Waals surface area contributed by atoms with E-state index < -0.39 is 0 Å². The molecule has 0 bridgehead atoms. The molecule has 37 heavy (non-hydrogen) atoms. The van der Waals surface area contributed by atoms with Crippen LogP contribution in [0.25, 0.3) is 0 Å². The Morgan fingerprint density at radius 1 is 0.568 bits per heavy atom. The molecule has 0 amide bonds. The average Bonchev–Trinajstić information content (AvgIpc) is 2.94. The third-order valence-corrected chi connectivity index (χ3v) is 9.74. The molecule has 1 heteroatoms. The van der Waals surface area contributed by atoms with E-state index in [1.165, 1.54) is 153 Å². The lowest BCUT2D eigenvalue weighted by molar-refractivity contribution is 0.0204. The molecule has 0 heterocycles. The van der Waals surface area contributed by atoms with E-state index in [2.05, 4.69) is 38.1 Å². The number of hydrogen-bond donors (Lipinski definition) is 0. The Bertz CT molecular complexity index is 648. The average molecular weight is 511 g/mol. The van der Waals surface area contributed by atoms with Gasteiger partial charge in [0.2, 0.25) is 0 Å². The van der Waals surface area contributed by atoms with Crippen LogP contribution in [0.15, 0.2) is 24.3 Å². The van der Waals surface area contributed by atoms with Gasteiger partial charge in [0, 0.05) is 6.61 Å². The Balaban J connectivity index is 1.18. The van der Waals surface area contributed by atoms with Crippen LogP contribution in [-0.2, 0) is 11.2 Å². The summed E-state index contributed by atoms with van der Waals surface area (Å²) in [6.07, 6.45) is 32.7. The van der Waals surface area contributed by atoms with Crippen molar-refractivity contribution in [3.63, 3.8) is 0 Å². The van der Waals surface area contributed by atoms with Gasteiger partial charge in [-0.15, -0.1) is 0 Å². The first-order valence-electron chi connectivity index (χ1n) is 17.0. The van der Waals surface area contributed by atoms with Crippen LogP contribution in [-0.4, -0.2) is 12.7 Å². The second-order valence-corrected chi connectivity index (χ2v) is 12.8. The summed E-state index contributed by atoms with van der Waals surface area (Å²) in [5.41, 5.74) is 3.10. The fraction of sp³-hybridized carbons (Fsp3) is 0.833. The smallest absolute Gasteiger partial charge is 0.0575 e. The van der Waals surface area contributed by atoms with Gasteiger partial charge in [0.25, 0.3) is 0 Å². The van der Waals surface area contributed by atoms with Gasteiger partial charge >= 0.3 is 0 Å². The SMILES string of the molecule is CCCCCCCC[C@H]1CC[C@H](CCCO[C@H]2CC[C@H](c3ccc(CCCCCCC)cc3)CC2)CC1. The summed E-state index contributed by atoms with van der Waals surface area (Å²) in [4.78, 5) is 0. The van der Waals surface area contributed by atoms with Crippen LogP contribution < -0.4 is 0 Å². The molecule has 2 saturated carbocycles. The molecule has 2 fully saturated rings. The second-order valence-electron chi connectivity index (χ2n) is 12.8. The lowest BCUT2D eigenvalue weighted by Crippen LogP contribution is -2.21. The number of ether oxygens (including phenoxy) is 1. The van der Waals surface area contributed by atoms with Gasteiger partial charge < -0.3 is 4.74 Å². The van der Waals surface area contributed by atoms with E-state index in [1.807, 2.05) is 0 Å². The van der Waals surface area contributed by atoms with Crippen molar-refractivity contribution in [2.45, 2.75) is 174 Å². The third-order valence-electron chi connectivity index (χ3n) is 9.74. The minimum Gasteiger partial charge on any atom is -0.378 e. The second kappa shape index (κ2) is 19.3. The Morgan fingerprint density at radius 2 is 1.11 bits per heavy atom. The molecule has 0 aromatic heterocycles. The molecule has 2 aliphatic rings. The first kappa shape index (κ1) is 30.7. The van der Waals surface area contributed by atoms with Gasteiger partial charge in [0.1, 0.15) is 0 Å². The Morgan fingerprint density at radius 3 is 1.73 bits per heavy atom. The number of unbranched alkanes of at least 4 members (excludes halogenated alkanes) is 9. The minimum atomic E-state index is 0.520. The van der Waals surface area contributed by atoms with Gasteiger partial charge in [-0.05, 0) is 80.2 Å². The molecule has 2 aliphatic carbocycles. The molecule has 0 saturated heterocycles. The fourth-order valence-electron chi connectivity index (χ4n) is 7.10. The van der Waals surface area contributed by atoms with Gasteiger partial charge in [-0.2, -0.15) is 0 Å². The maximum Gasteiger partial charge on any atom is 0.0575 e. The summed E-state index contributed by atoms with van der Waals surface area (Å²) in [6.45, 7) is 5.61. The van der Waals surface area contributed by atoms with Crippen molar-refractivity contribution in [3.05, 3.63) is 35.4 Å². The molecule has 0 unspecified atom stereocenters. The van der Waals surface area contributed by atoms with Gasteiger partial charge in [0.05, 0.1) is 6.10 Å². The molecule has 0 N–H and O–H groups in total. The van der Waals surface area contributed by atoms with E-state index in [4.69, 9.17) is 4.74 Å². The summed E-state index contributed by atoms with van der Waals surface area (Å²) in [5, 5.41) is 0. The quantitative estimate of drug-likeness (QED) is 0.168. The first-order chi connectivity index (χ1) is 18.3. The summed E-state index contributed by atoms with van der Waals surface area (Å²) in [6, 6.07) is 9.66.